The summed E-state index contributed by atoms with van der Waals surface area (Å²) in [5.74, 6) is 0. The van der Waals surface area contributed by atoms with Crippen LogP contribution >= 0.6 is 22.7 Å². The Labute approximate surface area is 338 Å². The average Bonchev–Trinajstić information content (AvgIpc) is 3.96. The van der Waals surface area contributed by atoms with Crippen molar-refractivity contribution >= 4 is 84.8 Å². The van der Waals surface area contributed by atoms with Crippen LogP contribution in [0.4, 0.5) is 0 Å². The van der Waals surface area contributed by atoms with Crippen molar-refractivity contribution in [3.05, 3.63) is 200 Å². The summed E-state index contributed by atoms with van der Waals surface area (Å²) in [6.07, 6.45) is 0. The van der Waals surface area contributed by atoms with Crippen LogP contribution in [-0.4, -0.2) is 4.57 Å². The molecule has 0 unspecified atom stereocenters. The Morgan fingerprint density at radius 1 is 0.263 bits per heavy atom. The first-order valence-electron chi connectivity index (χ1n) is 19.4. The zero-order valence-corrected chi connectivity index (χ0v) is 32.4. The van der Waals surface area contributed by atoms with Gasteiger partial charge in [0.25, 0.3) is 0 Å². The third kappa shape index (κ3) is 5.06. The van der Waals surface area contributed by atoms with Gasteiger partial charge >= 0.3 is 0 Å². The highest BCUT2D eigenvalue weighted by Crippen LogP contribution is 2.47. The summed E-state index contributed by atoms with van der Waals surface area (Å²) in [6.45, 7) is 0. The molecule has 12 aromatic rings. The van der Waals surface area contributed by atoms with Gasteiger partial charge in [-0.05, 0) is 80.9 Å². The van der Waals surface area contributed by atoms with Gasteiger partial charge in [-0.2, -0.15) is 0 Å². The van der Waals surface area contributed by atoms with Gasteiger partial charge in [-0.3, -0.25) is 0 Å². The van der Waals surface area contributed by atoms with Gasteiger partial charge in [0.2, 0.25) is 0 Å². The maximum atomic E-state index is 2.43. The molecule has 9 aromatic carbocycles. The molecule has 3 heterocycles. The molecule has 0 aliphatic rings. The van der Waals surface area contributed by atoms with Crippen LogP contribution in [0, 0.1) is 0 Å². The van der Waals surface area contributed by atoms with Crippen molar-refractivity contribution < 1.29 is 0 Å². The Balaban J connectivity index is 1.08. The number of hydrogen-bond donors (Lipinski definition) is 0. The molecule has 0 amide bonds. The van der Waals surface area contributed by atoms with Crippen molar-refractivity contribution in [2.45, 2.75) is 0 Å². The summed E-state index contributed by atoms with van der Waals surface area (Å²) in [4.78, 5) is 0. The fourth-order valence-electron chi connectivity index (χ4n) is 9.00. The van der Waals surface area contributed by atoms with Crippen LogP contribution in [0.5, 0.6) is 0 Å². The fraction of sp³-hybridized carbons (Fsp3) is 0. The Kier molecular flexibility index (Phi) is 7.34. The number of nitrogens with zero attached hydrogens (tertiary/aromatic N) is 1. The molecule has 0 bridgehead atoms. The summed E-state index contributed by atoms with van der Waals surface area (Å²) in [5, 5.41) is 7.77. The molecule has 0 fully saturated rings. The van der Waals surface area contributed by atoms with Gasteiger partial charge in [0.1, 0.15) is 0 Å². The third-order valence-corrected chi connectivity index (χ3v) is 14.2. The van der Waals surface area contributed by atoms with E-state index in [9.17, 15) is 0 Å². The molecule has 1 nitrogen and oxygen atoms in total. The largest absolute Gasteiger partial charge is 0.309 e. The second-order valence-electron chi connectivity index (χ2n) is 14.8. The molecule has 0 saturated heterocycles. The van der Waals surface area contributed by atoms with Crippen molar-refractivity contribution in [2.24, 2.45) is 0 Å². The summed E-state index contributed by atoms with van der Waals surface area (Å²) in [5.41, 5.74) is 13.7. The normalized spacial score (nSPS) is 11.9. The first-order chi connectivity index (χ1) is 28.3. The van der Waals surface area contributed by atoms with E-state index >= 15 is 0 Å². The second kappa shape index (κ2) is 12.9. The van der Waals surface area contributed by atoms with E-state index < -0.39 is 0 Å². The van der Waals surface area contributed by atoms with Crippen LogP contribution in [0.15, 0.2) is 200 Å². The summed E-state index contributed by atoms with van der Waals surface area (Å²) in [6, 6.07) is 73.6. The lowest BCUT2D eigenvalue weighted by molar-refractivity contribution is 1.18. The average molecular weight is 760 g/mol. The minimum atomic E-state index is 1.16. The van der Waals surface area contributed by atoms with E-state index in [2.05, 4.69) is 205 Å². The number of thiophene rings is 2. The van der Waals surface area contributed by atoms with Gasteiger partial charge in [-0.15, -0.1) is 22.7 Å². The monoisotopic (exact) mass is 759 g/mol. The number of rotatable bonds is 5. The molecule has 0 atom stereocenters. The Morgan fingerprint density at radius 3 is 1.00 bits per heavy atom. The number of para-hydroxylation sites is 1. The first kappa shape index (κ1) is 32.5. The number of fused-ring (bicyclic) bond motifs is 9. The maximum absolute atomic E-state index is 2.43. The van der Waals surface area contributed by atoms with Crippen LogP contribution in [-0.2, 0) is 0 Å². The van der Waals surface area contributed by atoms with Gasteiger partial charge in [-0.1, -0.05) is 164 Å². The zero-order chi connectivity index (χ0) is 37.5. The van der Waals surface area contributed by atoms with Gasteiger partial charge < -0.3 is 4.57 Å². The van der Waals surface area contributed by atoms with Crippen LogP contribution in [0.1, 0.15) is 0 Å². The highest BCUT2D eigenvalue weighted by Gasteiger charge is 2.19. The minimum Gasteiger partial charge on any atom is -0.309 e. The van der Waals surface area contributed by atoms with Crippen molar-refractivity contribution in [2.75, 3.05) is 0 Å². The smallest absolute Gasteiger partial charge is 0.0541 e. The molecular weight excluding hydrogens is 727 g/mol. The molecule has 266 valence electrons. The number of hydrogen-bond acceptors (Lipinski definition) is 2. The minimum absolute atomic E-state index is 1.16. The van der Waals surface area contributed by atoms with Gasteiger partial charge in [0.15, 0.2) is 0 Å². The van der Waals surface area contributed by atoms with Crippen molar-refractivity contribution in [1.29, 1.82) is 0 Å². The van der Waals surface area contributed by atoms with Crippen LogP contribution in [0.25, 0.3) is 112 Å². The highest BCUT2D eigenvalue weighted by molar-refractivity contribution is 7.27. The van der Waals surface area contributed by atoms with Crippen molar-refractivity contribution in [3.8, 4) is 50.2 Å². The fourth-order valence-corrected chi connectivity index (χ4v) is 11.7. The van der Waals surface area contributed by atoms with Crippen LogP contribution in [0.3, 0.4) is 0 Å². The SMILES string of the molecule is c1ccc(-c2cccc3c2sc2c(-c4ccc5c(c4)c4cc(-c6cccc7c6sc6c(-c8ccccc8)cccc67)ccc4n5-c4ccccc4)cccc23)cc1. The lowest BCUT2D eigenvalue weighted by Gasteiger charge is -2.09. The maximum Gasteiger partial charge on any atom is 0.0541 e. The predicted octanol–water partition coefficient (Wildman–Crippen LogP) is 16.2. The molecule has 57 heavy (non-hydrogen) atoms. The molecule has 0 aliphatic carbocycles. The zero-order valence-electron chi connectivity index (χ0n) is 30.8. The summed E-state index contributed by atoms with van der Waals surface area (Å²) >= 11 is 3.83. The van der Waals surface area contributed by atoms with E-state index in [1.165, 1.54) is 107 Å². The van der Waals surface area contributed by atoms with E-state index in [1.807, 2.05) is 22.7 Å². The third-order valence-electron chi connectivity index (χ3n) is 11.6. The quantitative estimate of drug-likeness (QED) is 0.165. The van der Waals surface area contributed by atoms with Crippen LogP contribution in [0.2, 0.25) is 0 Å². The van der Waals surface area contributed by atoms with E-state index in [4.69, 9.17) is 0 Å². The van der Waals surface area contributed by atoms with Gasteiger partial charge in [0.05, 0.1) is 11.0 Å². The molecule has 0 aliphatic heterocycles. The standard InChI is InChI=1S/C54H33NS2/c1-4-14-34(15-5-1)39-20-10-24-43-45-26-12-22-41(53(45)56-51(39)43)36-28-30-49-47(32-36)48-33-37(29-31-50(48)55(49)38-18-8-3-9-19-38)42-23-13-27-46-44-25-11-21-40(52(44)57-54(42)46)35-16-6-2-7-17-35/h1-33H. The second-order valence-corrected chi connectivity index (χ2v) is 16.8. The summed E-state index contributed by atoms with van der Waals surface area (Å²) < 4.78 is 7.76. The van der Waals surface area contributed by atoms with E-state index in [0.717, 1.165) is 5.69 Å². The van der Waals surface area contributed by atoms with E-state index in [-0.39, 0.29) is 0 Å². The Bertz CT molecular complexity index is 3280. The topological polar surface area (TPSA) is 4.93 Å². The summed E-state index contributed by atoms with van der Waals surface area (Å²) in [7, 11) is 0. The lowest BCUT2D eigenvalue weighted by Crippen LogP contribution is -1.93. The van der Waals surface area contributed by atoms with Crippen molar-refractivity contribution in [1.82, 2.24) is 4.57 Å². The van der Waals surface area contributed by atoms with Gasteiger partial charge in [-0.25, -0.2) is 0 Å². The molecule has 0 radical (unpaired) electrons. The molecule has 3 heteroatoms. The number of benzene rings is 9. The molecular formula is C54H33NS2. The highest BCUT2D eigenvalue weighted by atomic mass is 32.1. The lowest BCUT2D eigenvalue weighted by atomic mass is 9.98. The molecule has 12 rings (SSSR count). The van der Waals surface area contributed by atoms with E-state index in [1.54, 1.807) is 0 Å². The molecule has 0 N–H and O–H groups in total. The van der Waals surface area contributed by atoms with E-state index in [0.29, 0.717) is 0 Å². The molecule has 0 spiro atoms. The molecule has 3 aromatic heterocycles. The Morgan fingerprint density at radius 2 is 0.614 bits per heavy atom. The van der Waals surface area contributed by atoms with Crippen LogP contribution < -0.4 is 0 Å². The number of aromatic nitrogens is 1. The predicted molar refractivity (Wildman–Crippen MR) is 248 cm³/mol. The van der Waals surface area contributed by atoms with Gasteiger partial charge in [0, 0.05) is 56.8 Å². The molecule has 0 saturated carbocycles. The Hall–Kier alpha value is -6.78. The first-order valence-corrected chi connectivity index (χ1v) is 21.1. The van der Waals surface area contributed by atoms with Crippen molar-refractivity contribution in [3.63, 3.8) is 0 Å².